The Hall–Kier alpha value is -0.830. The van der Waals surface area contributed by atoms with Gasteiger partial charge in [0.2, 0.25) is 5.91 Å². The van der Waals surface area contributed by atoms with Crippen molar-refractivity contribution in [2.75, 3.05) is 7.05 Å². The molecule has 0 bridgehead atoms. The molecule has 1 amide bonds. The summed E-state index contributed by atoms with van der Waals surface area (Å²) in [6.45, 7) is 6.00. The SMILES string of the molecule is CC=CC(C)NC(CC)C(=O)NC. The molecule has 0 rings (SSSR count). The lowest BCUT2D eigenvalue weighted by atomic mass is 10.1. The van der Waals surface area contributed by atoms with Gasteiger partial charge in [-0.1, -0.05) is 19.1 Å². The third kappa shape index (κ3) is 4.68. The first-order valence-corrected chi connectivity index (χ1v) is 4.76. The smallest absolute Gasteiger partial charge is 0.236 e. The molecular weight excluding hydrogens is 164 g/mol. The molecule has 0 aliphatic heterocycles. The van der Waals surface area contributed by atoms with E-state index in [9.17, 15) is 4.79 Å². The summed E-state index contributed by atoms with van der Waals surface area (Å²) in [6.07, 6.45) is 4.82. The van der Waals surface area contributed by atoms with E-state index >= 15 is 0 Å². The van der Waals surface area contributed by atoms with Gasteiger partial charge >= 0.3 is 0 Å². The van der Waals surface area contributed by atoms with Crippen molar-refractivity contribution < 1.29 is 4.79 Å². The number of carbonyl (C=O) groups is 1. The summed E-state index contributed by atoms with van der Waals surface area (Å²) >= 11 is 0. The Balaban J connectivity index is 4.04. The molecule has 76 valence electrons. The van der Waals surface area contributed by atoms with Gasteiger partial charge < -0.3 is 5.32 Å². The van der Waals surface area contributed by atoms with Crippen molar-refractivity contribution in [1.82, 2.24) is 10.6 Å². The van der Waals surface area contributed by atoms with E-state index in [0.717, 1.165) is 6.42 Å². The minimum absolute atomic E-state index is 0.0545. The van der Waals surface area contributed by atoms with Crippen LogP contribution >= 0.6 is 0 Å². The summed E-state index contributed by atoms with van der Waals surface area (Å²) in [7, 11) is 1.66. The Kier molecular flexibility index (Phi) is 6.24. The average Bonchev–Trinajstić information content (AvgIpc) is 2.13. The molecule has 13 heavy (non-hydrogen) atoms. The minimum atomic E-state index is -0.0869. The Bertz CT molecular complexity index is 178. The molecule has 3 heteroatoms. The number of rotatable bonds is 5. The maximum Gasteiger partial charge on any atom is 0.236 e. The summed E-state index contributed by atoms with van der Waals surface area (Å²) in [6, 6.07) is 0.156. The van der Waals surface area contributed by atoms with Gasteiger partial charge in [0.1, 0.15) is 0 Å². The highest BCUT2D eigenvalue weighted by molar-refractivity contribution is 5.81. The highest BCUT2D eigenvalue weighted by Gasteiger charge is 2.15. The summed E-state index contributed by atoms with van der Waals surface area (Å²) < 4.78 is 0. The van der Waals surface area contributed by atoms with Crippen molar-refractivity contribution in [2.24, 2.45) is 0 Å². The van der Waals surface area contributed by atoms with E-state index in [1.54, 1.807) is 7.05 Å². The minimum Gasteiger partial charge on any atom is -0.358 e. The van der Waals surface area contributed by atoms with Crippen molar-refractivity contribution >= 4 is 5.91 Å². The van der Waals surface area contributed by atoms with Crippen molar-refractivity contribution in [3.8, 4) is 0 Å². The number of nitrogens with one attached hydrogen (secondary N) is 2. The van der Waals surface area contributed by atoms with E-state index in [0.29, 0.717) is 0 Å². The molecule has 0 heterocycles. The van der Waals surface area contributed by atoms with Crippen LogP contribution in [0, 0.1) is 0 Å². The van der Waals surface area contributed by atoms with Crippen LogP contribution in [-0.4, -0.2) is 25.0 Å². The van der Waals surface area contributed by atoms with Gasteiger partial charge in [-0.25, -0.2) is 0 Å². The van der Waals surface area contributed by atoms with Crippen LogP contribution < -0.4 is 10.6 Å². The van der Waals surface area contributed by atoms with E-state index in [4.69, 9.17) is 0 Å². The Morgan fingerprint density at radius 3 is 2.54 bits per heavy atom. The third-order valence-electron chi connectivity index (χ3n) is 1.92. The lowest BCUT2D eigenvalue weighted by Gasteiger charge is -2.18. The molecule has 0 saturated heterocycles. The molecule has 2 unspecified atom stereocenters. The maximum atomic E-state index is 11.3. The van der Waals surface area contributed by atoms with Gasteiger partial charge in [-0.3, -0.25) is 10.1 Å². The molecule has 0 aromatic heterocycles. The molecule has 2 N–H and O–H groups in total. The molecule has 3 nitrogen and oxygen atoms in total. The van der Waals surface area contributed by atoms with E-state index in [1.165, 1.54) is 0 Å². The Morgan fingerprint density at radius 2 is 2.15 bits per heavy atom. The Morgan fingerprint density at radius 1 is 1.54 bits per heavy atom. The van der Waals surface area contributed by atoms with Crippen LogP contribution in [0.1, 0.15) is 27.2 Å². The number of likely N-dealkylation sites (N-methyl/N-ethyl adjacent to an activating group) is 1. The van der Waals surface area contributed by atoms with Crippen LogP contribution in [0.3, 0.4) is 0 Å². The van der Waals surface area contributed by atoms with Crippen molar-refractivity contribution in [1.29, 1.82) is 0 Å². The van der Waals surface area contributed by atoms with E-state index in [2.05, 4.69) is 10.6 Å². The third-order valence-corrected chi connectivity index (χ3v) is 1.92. The first kappa shape index (κ1) is 12.2. The molecule has 0 aromatic rings. The van der Waals surface area contributed by atoms with E-state index in [1.807, 2.05) is 32.9 Å². The highest BCUT2D eigenvalue weighted by Crippen LogP contribution is 1.94. The summed E-state index contributed by atoms with van der Waals surface area (Å²) in [4.78, 5) is 11.3. The van der Waals surface area contributed by atoms with Crippen LogP contribution in [0.2, 0.25) is 0 Å². The molecule has 0 radical (unpaired) electrons. The van der Waals surface area contributed by atoms with Gasteiger partial charge in [0, 0.05) is 13.1 Å². The van der Waals surface area contributed by atoms with E-state index < -0.39 is 0 Å². The van der Waals surface area contributed by atoms with Gasteiger partial charge in [0.15, 0.2) is 0 Å². The van der Waals surface area contributed by atoms with Crippen molar-refractivity contribution in [3.05, 3.63) is 12.2 Å². The largest absolute Gasteiger partial charge is 0.358 e. The molecule has 0 fully saturated rings. The van der Waals surface area contributed by atoms with E-state index in [-0.39, 0.29) is 18.0 Å². The number of hydrogen-bond donors (Lipinski definition) is 2. The number of amides is 1. The molecule has 0 spiro atoms. The lowest BCUT2D eigenvalue weighted by molar-refractivity contribution is -0.122. The molecule has 0 saturated carbocycles. The van der Waals surface area contributed by atoms with Crippen LogP contribution in [0.5, 0.6) is 0 Å². The van der Waals surface area contributed by atoms with Gasteiger partial charge in [-0.15, -0.1) is 0 Å². The standard InChI is InChI=1S/C10H20N2O/c1-5-7-8(3)12-9(6-2)10(13)11-4/h5,7-9,12H,6H2,1-4H3,(H,11,13). The predicted octanol–water partition coefficient (Wildman–Crippen LogP) is 1.07. The fourth-order valence-electron chi connectivity index (χ4n) is 1.21. The molecule has 0 aliphatic carbocycles. The zero-order valence-electron chi connectivity index (χ0n) is 8.92. The second kappa shape index (κ2) is 6.66. The molecular formula is C10H20N2O. The topological polar surface area (TPSA) is 41.1 Å². The van der Waals surface area contributed by atoms with Crippen molar-refractivity contribution in [3.63, 3.8) is 0 Å². The second-order valence-corrected chi connectivity index (χ2v) is 3.06. The first-order valence-electron chi connectivity index (χ1n) is 4.76. The van der Waals surface area contributed by atoms with Crippen LogP contribution in [0.15, 0.2) is 12.2 Å². The van der Waals surface area contributed by atoms with Gasteiger partial charge in [-0.05, 0) is 20.3 Å². The quantitative estimate of drug-likeness (QED) is 0.627. The molecule has 2 atom stereocenters. The first-order chi connectivity index (χ1) is 6.15. The zero-order chi connectivity index (χ0) is 10.3. The summed E-state index contributed by atoms with van der Waals surface area (Å²) in [5.74, 6) is 0.0545. The fraction of sp³-hybridized carbons (Fsp3) is 0.700. The zero-order valence-corrected chi connectivity index (χ0v) is 8.92. The second-order valence-electron chi connectivity index (χ2n) is 3.06. The predicted molar refractivity (Wildman–Crippen MR) is 55.6 cm³/mol. The monoisotopic (exact) mass is 184 g/mol. The number of hydrogen-bond acceptors (Lipinski definition) is 2. The van der Waals surface area contributed by atoms with Gasteiger partial charge in [0.05, 0.1) is 6.04 Å². The number of carbonyl (C=O) groups excluding carboxylic acids is 1. The maximum absolute atomic E-state index is 11.3. The fourth-order valence-corrected chi connectivity index (χ4v) is 1.21. The molecule has 0 aromatic carbocycles. The van der Waals surface area contributed by atoms with Gasteiger partial charge in [-0.2, -0.15) is 0 Å². The van der Waals surface area contributed by atoms with Crippen LogP contribution in [-0.2, 0) is 4.79 Å². The highest BCUT2D eigenvalue weighted by atomic mass is 16.2. The van der Waals surface area contributed by atoms with Crippen molar-refractivity contribution in [2.45, 2.75) is 39.3 Å². The molecule has 0 aliphatic rings. The number of allylic oxidation sites excluding steroid dienone is 1. The van der Waals surface area contributed by atoms with Crippen LogP contribution in [0.25, 0.3) is 0 Å². The average molecular weight is 184 g/mol. The normalized spacial score (nSPS) is 15.7. The van der Waals surface area contributed by atoms with Gasteiger partial charge in [0.25, 0.3) is 0 Å². The summed E-state index contributed by atoms with van der Waals surface area (Å²) in [5, 5.41) is 5.86. The Labute approximate surface area is 80.6 Å². The lowest BCUT2D eigenvalue weighted by Crippen LogP contribution is -2.45. The van der Waals surface area contributed by atoms with Crippen LogP contribution in [0.4, 0.5) is 0 Å². The summed E-state index contributed by atoms with van der Waals surface area (Å²) in [5.41, 5.74) is 0.